The predicted molar refractivity (Wildman–Crippen MR) is 54.3 cm³/mol. The molecule has 0 saturated carbocycles. The van der Waals surface area contributed by atoms with Crippen LogP contribution in [-0.2, 0) is 9.59 Å². The van der Waals surface area contributed by atoms with Crippen molar-refractivity contribution in [3.05, 3.63) is 0 Å². The lowest BCUT2D eigenvalue weighted by atomic mass is 10.3. The summed E-state index contributed by atoms with van der Waals surface area (Å²) in [5.74, 6) is -0.355. The third-order valence-corrected chi connectivity index (χ3v) is 2.55. The van der Waals surface area contributed by atoms with Crippen LogP contribution in [0.5, 0.6) is 0 Å². The molecule has 0 aromatic heterocycles. The largest absolute Gasteiger partial charge is 0.480 e. The number of thioether (sulfide) groups is 1. The second kappa shape index (κ2) is 7.64. The van der Waals surface area contributed by atoms with Gasteiger partial charge >= 0.3 is 5.97 Å². The van der Waals surface area contributed by atoms with E-state index in [4.69, 9.17) is 10.2 Å². The average molecular weight is 221 g/mol. The SMILES string of the molecule is CC(=O)N[C@H](CSCCCO)C(=O)O. The number of hydrogen-bond donors (Lipinski definition) is 3. The number of carboxylic acid groups (broad SMARTS) is 1. The van der Waals surface area contributed by atoms with E-state index in [1.165, 1.54) is 18.7 Å². The van der Waals surface area contributed by atoms with Gasteiger partial charge in [-0.3, -0.25) is 4.79 Å². The maximum atomic E-state index is 10.6. The number of aliphatic carboxylic acids is 1. The minimum absolute atomic E-state index is 0.102. The van der Waals surface area contributed by atoms with Crippen molar-refractivity contribution in [1.29, 1.82) is 0 Å². The van der Waals surface area contributed by atoms with Crippen LogP contribution in [-0.4, -0.2) is 46.2 Å². The molecule has 0 aromatic rings. The second-order valence-electron chi connectivity index (χ2n) is 2.74. The van der Waals surface area contributed by atoms with E-state index in [-0.39, 0.29) is 12.5 Å². The van der Waals surface area contributed by atoms with E-state index in [1.807, 2.05) is 0 Å². The molecule has 5 nitrogen and oxygen atoms in total. The molecule has 0 aliphatic rings. The first-order valence-electron chi connectivity index (χ1n) is 4.26. The highest BCUT2D eigenvalue weighted by atomic mass is 32.2. The van der Waals surface area contributed by atoms with E-state index in [0.29, 0.717) is 17.9 Å². The first kappa shape index (κ1) is 13.2. The molecule has 14 heavy (non-hydrogen) atoms. The lowest BCUT2D eigenvalue weighted by molar-refractivity contribution is -0.140. The molecule has 1 amide bonds. The van der Waals surface area contributed by atoms with Crippen molar-refractivity contribution in [2.45, 2.75) is 19.4 Å². The molecule has 0 aliphatic heterocycles. The van der Waals surface area contributed by atoms with Crippen LogP contribution in [0.15, 0.2) is 0 Å². The summed E-state index contributed by atoms with van der Waals surface area (Å²) < 4.78 is 0. The van der Waals surface area contributed by atoms with E-state index >= 15 is 0 Å². The van der Waals surface area contributed by atoms with E-state index in [9.17, 15) is 9.59 Å². The third kappa shape index (κ3) is 6.73. The molecule has 0 saturated heterocycles. The summed E-state index contributed by atoms with van der Waals surface area (Å²) in [7, 11) is 0. The number of carbonyl (C=O) groups is 2. The van der Waals surface area contributed by atoms with E-state index in [1.54, 1.807) is 0 Å². The van der Waals surface area contributed by atoms with Crippen molar-refractivity contribution in [2.75, 3.05) is 18.1 Å². The smallest absolute Gasteiger partial charge is 0.327 e. The Morgan fingerprint density at radius 2 is 2.14 bits per heavy atom. The van der Waals surface area contributed by atoms with Crippen molar-refractivity contribution in [2.24, 2.45) is 0 Å². The van der Waals surface area contributed by atoms with E-state index in [2.05, 4.69) is 5.32 Å². The molecular weight excluding hydrogens is 206 g/mol. The predicted octanol–water partition coefficient (Wildman–Crippen LogP) is -0.309. The average Bonchev–Trinajstić information content (AvgIpc) is 2.09. The van der Waals surface area contributed by atoms with Crippen molar-refractivity contribution >= 4 is 23.6 Å². The lowest BCUT2D eigenvalue weighted by Gasteiger charge is -2.12. The van der Waals surface area contributed by atoms with Gasteiger partial charge in [-0.25, -0.2) is 4.79 Å². The van der Waals surface area contributed by atoms with Gasteiger partial charge in [-0.2, -0.15) is 11.8 Å². The molecule has 0 aliphatic carbocycles. The van der Waals surface area contributed by atoms with Crippen molar-refractivity contribution in [3.8, 4) is 0 Å². The Hall–Kier alpha value is -0.750. The van der Waals surface area contributed by atoms with Crippen molar-refractivity contribution < 1.29 is 19.8 Å². The highest BCUT2D eigenvalue weighted by Gasteiger charge is 2.17. The normalized spacial score (nSPS) is 12.1. The lowest BCUT2D eigenvalue weighted by Crippen LogP contribution is -2.41. The summed E-state index contributed by atoms with van der Waals surface area (Å²) in [5.41, 5.74) is 0. The van der Waals surface area contributed by atoms with Gasteiger partial charge in [0.2, 0.25) is 5.91 Å². The summed E-state index contributed by atoms with van der Waals surface area (Å²) in [6, 6.07) is -0.837. The monoisotopic (exact) mass is 221 g/mol. The summed E-state index contributed by atoms with van der Waals surface area (Å²) in [4.78, 5) is 21.2. The van der Waals surface area contributed by atoms with Gasteiger partial charge in [0.1, 0.15) is 6.04 Å². The van der Waals surface area contributed by atoms with Gasteiger partial charge in [-0.15, -0.1) is 0 Å². The first-order chi connectivity index (χ1) is 6.57. The minimum Gasteiger partial charge on any atom is -0.480 e. The van der Waals surface area contributed by atoms with Crippen LogP contribution in [0.3, 0.4) is 0 Å². The number of carboxylic acids is 1. The molecule has 1 atom stereocenters. The molecule has 0 spiro atoms. The topological polar surface area (TPSA) is 86.6 Å². The van der Waals surface area contributed by atoms with Crippen molar-refractivity contribution in [1.82, 2.24) is 5.32 Å². The van der Waals surface area contributed by atoms with E-state index < -0.39 is 12.0 Å². The van der Waals surface area contributed by atoms with Gasteiger partial charge < -0.3 is 15.5 Å². The number of amides is 1. The first-order valence-corrected chi connectivity index (χ1v) is 5.42. The van der Waals surface area contributed by atoms with Crippen LogP contribution in [0.4, 0.5) is 0 Å². The molecule has 0 unspecified atom stereocenters. The van der Waals surface area contributed by atoms with Gasteiger partial charge in [-0.1, -0.05) is 0 Å². The molecule has 0 bridgehead atoms. The summed E-state index contributed by atoms with van der Waals surface area (Å²) >= 11 is 1.40. The zero-order chi connectivity index (χ0) is 11.0. The van der Waals surface area contributed by atoms with Gasteiger partial charge in [0.25, 0.3) is 0 Å². The Bertz CT molecular complexity index is 198. The Labute approximate surface area is 86.9 Å². The summed E-state index contributed by atoms with van der Waals surface area (Å²) in [6.07, 6.45) is 0.636. The quantitative estimate of drug-likeness (QED) is 0.513. The molecule has 6 heteroatoms. The highest BCUT2D eigenvalue weighted by Crippen LogP contribution is 2.04. The maximum Gasteiger partial charge on any atom is 0.327 e. The van der Waals surface area contributed by atoms with Crippen LogP contribution in [0.1, 0.15) is 13.3 Å². The second-order valence-corrected chi connectivity index (χ2v) is 3.89. The highest BCUT2D eigenvalue weighted by molar-refractivity contribution is 7.99. The van der Waals surface area contributed by atoms with Gasteiger partial charge in [0.15, 0.2) is 0 Å². The molecule has 0 fully saturated rings. The molecule has 0 rings (SSSR count). The molecule has 3 N–H and O–H groups in total. The zero-order valence-electron chi connectivity index (χ0n) is 8.02. The summed E-state index contributed by atoms with van der Waals surface area (Å²) in [6.45, 7) is 1.39. The molecular formula is C8H15NO4S. The zero-order valence-corrected chi connectivity index (χ0v) is 8.84. The number of carbonyl (C=O) groups excluding carboxylic acids is 1. The third-order valence-electron chi connectivity index (χ3n) is 1.41. The Morgan fingerprint density at radius 3 is 2.57 bits per heavy atom. The molecule has 0 radical (unpaired) electrons. The van der Waals surface area contributed by atoms with Crippen LogP contribution < -0.4 is 5.32 Å². The number of rotatable bonds is 7. The van der Waals surface area contributed by atoms with Crippen LogP contribution >= 0.6 is 11.8 Å². The van der Waals surface area contributed by atoms with Gasteiger partial charge in [-0.05, 0) is 12.2 Å². The standard InChI is InChI=1S/C8H15NO4S/c1-6(11)9-7(8(12)13)5-14-4-2-3-10/h7,10H,2-5H2,1H3,(H,9,11)(H,12,13)/t7-/m1/s1. The van der Waals surface area contributed by atoms with Gasteiger partial charge in [0.05, 0.1) is 0 Å². The number of aliphatic hydroxyl groups excluding tert-OH is 1. The van der Waals surface area contributed by atoms with Crippen LogP contribution in [0.2, 0.25) is 0 Å². The van der Waals surface area contributed by atoms with Crippen LogP contribution in [0.25, 0.3) is 0 Å². The van der Waals surface area contributed by atoms with Crippen LogP contribution in [0, 0.1) is 0 Å². The molecule has 82 valence electrons. The fourth-order valence-corrected chi connectivity index (χ4v) is 1.75. The van der Waals surface area contributed by atoms with Gasteiger partial charge in [0, 0.05) is 19.3 Å². The minimum atomic E-state index is -1.03. The fraction of sp³-hybridized carbons (Fsp3) is 0.750. The summed E-state index contributed by atoms with van der Waals surface area (Å²) in [5, 5.41) is 19.5. The fourth-order valence-electron chi connectivity index (χ4n) is 0.788. The Balaban J connectivity index is 3.74. The number of hydrogen-bond acceptors (Lipinski definition) is 4. The van der Waals surface area contributed by atoms with Crippen molar-refractivity contribution in [3.63, 3.8) is 0 Å². The van der Waals surface area contributed by atoms with E-state index in [0.717, 1.165) is 0 Å². The number of aliphatic hydroxyl groups is 1. The molecule has 0 aromatic carbocycles. The maximum absolute atomic E-state index is 10.6. The Morgan fingerprint density at radius 1 is 1.50 bits per heavy atom. The number of nitrogens with one attached hydrogen (secondary N) is 1. The Kier molecular flexibility index (Phi) is 7.23. The molecule has 0 heterocycles.